The number of hydrogen-bond donors (Lipinski definition) is 1. The van der Waals surface area contributed by atoms with Gasteiger partial charge in [0, 0.05) is 19.0 Å². The van der Waals surface area contributed by atoms with Crippen LogP contribution in [0, 0.1) is 5.92 Å². The van der Waals surface area contributed by atoms with Gasteiger partial charge in [-0.25, -0.2) is 4.79 Å². The number of hydrogen-bond acceptors (Lipinski definition) is 3. The summed E-state index contributed by atoms with van der Waals surface area (Å²) in [6, 6.07) is 15.1. The largest absolute Gasteiger partial charge is 0.447 e. The molecule has 2 heterocycles. The van der Waals surface area contributed by atoms with Gasteiger partial charge >= 0.3 is 6.09 Å². The summed E-state index contributed by atoms with van der Waals surface area (Å²) in [7, 11) is 0. The van der Waals surface area contributed by atoms with Gasteiger partial charge in [0.2, 0.25) is 5.91 Å². The molecule has 1 aliphatic carbocycles. The molecule has 0 unspecified atom stereocenters. The number of carbonyl (C=O) groups excluding carboxylic acids is 2. The number of fused-ring (bicyclic) bond motifs is 1. The molecule has 2 aliphatic heterocycles. The smallest absolute Gasteiger partial charge is 0.407 e. The molecule has 0 bridgehead atoms. The molecular formula is C22H24N2O3. The summed E-state index contributed by atoms with van der Waals surface area (Å²) >= 11 is 0. The second kappa shape index (κ2) is 6.25. The number of ether oxygens (including phenoxy) is 1. The van der Waals surface area contributed by atoms with Crippen molar-refractivity contribution in [3.63, 3.8) is 0 Å². The predicted octanol–water partition coefficient (Wildman–Crippen LogP) is 3.43. The van der Waals surface area contributed by atoms with E-state index >= 15 is 0 Å². The highest BCUT2D eigenvalue weighted by molar-refractivity contribution is 5.86. The molecule has 0 radical (unpaired) electrons. The van der Waals surface area contributed by atoms with E-state index in [-0.39, 0.29) is 23.5 Å². The molecular weight excluding hydrogens is 340 g/mol. The summed E-state index contributed by atoms with van der Waals surface area (Å²) in [5.74, 6) is 0.787. The van der Waals surface area contributed by atoms with Gasteiger partial charge < -0.3 is 15.0 Å². The van der Waals surface area contributed by atoms with Crippen LogP contribution in [0.5, 0.6) is 0 Å². The van der Waals surface area contributed by atoms with E-state index in [2.05, 4.69) is 47.8 Å². The third kappa shape index (κ3) is 2.85. The van der Waals surface area contributed by atoms with Gasteiger partial charge in [0.05, 0.1) is 5.54 Å². The van der Waals surface area contributed by atoms with Crippen LogP contribution in [-0.4, -0.2) is 42.1 Å². The van der Waals surface area contributed by atoms with E-state index in [9.17, 15) is 9.59 Å². The molecule has 5 heteroatoms. The minimum atomic E-state index is -0.350. The summed E-state index contributed by atoms with van der Waals surface area (Å²) in [5, 5.41) is 5.49. The minimum Gasteiger partial charge on any atom is -0.447 e. The molecule has 3 fully saturated rings. The normalized spacial score (nSPS) is 28.1. The lowest BCUT2D eigenvalue weighted by atomic mass is 9.68. The highest BCUT2D eigenvalue weighted by atomic mass is 16.6. The van der Waals surface area contributed by atoms with E-state index in [0.717, 1.165) is 25.9 Å². The SMILES string of the molecule is O=C1NC2(CO1)CC(C(=O)N1CCC(c3cccc4ccccc34)CC1)C2. The Morgan fingerprint density at radius 3 is 2.56 bits per heavy atom. The van der Waals surface area contributed by atoms with Crippen LogP contribution in [0.1, 0.15) is 37.2 Å². The van der Waals surface area contributed by atoms with Crippen molar-refractivity contribution in [1.82, 2.24) is 10.2 Å². The van der Waals surface area contributed by atoms with E-state index in [1.165, 1.54) is 16.3 Å². The van der Waals surface area contributed by atoms with Gasteiger partial charge in [-0.2, -0.15) is 0 Å². The lowest BCUT2D eigenvalue weighted by molar-refractivity contribution is -0.142. The monoisotopic (exact) mass is 364 g/mol. The van der Waals surface area contributed by atoms with Crippen LogP contribution in [0.15, 0.2) is 42.5 Å². The van der Waals surface area contributed by atoms with Gasteiger partial charge in [-0.3, -0.25) is 4.79 Å². The first-order chi connectivity index (χ1) is 13.1. The number of likely N-dealkylation sites (tertiary alicyclic amines) is 1. The van der Waals surface area contributed by atoms with Gasteiger partial charge in [0.25, 0.3) is 0 Å². The number of nitrogens with one attached hydrogen (secondary N) is 1. The van der Waals surface area contributed by atoms with Crippen molar-refractivity contribution >= 4 is 22.8 Å². The van der Waals surface area contributed by atoms with Crippen LogP contribution in [0.2, 0.25) is 0 Å². The lowest BCUT2D eigenvalue weighted by Gasteiger charge is -2.45. The fraction of sp³-hybridized carbons (Fsp3) is 0.455. The summed E-state index contributed by atoms with van der Waals surface area (Å²) in [6.07, 6.45) is 3.09. The van der Waals surface area contributed by atoms with Crippen molar-refractivity contribution in [3.8, 4) is 0 Å². The highest BCUT2D eigenvalue weighted by Crippen LogP contribution is 2.42. The predicted molar refractivity (Wildman–Crippen MR) is 102 cm³/mol. The average Bonchev–Trinajstić information content (AvgIpc) is 3.08. The van der Waals surface area contributed by atoms with Gasteiger partial charge in [0.1, 0.15) is 6.61 Å². The van der Waals surface area contributed by atoms with Gasteiger partial charge in [0.15, 0.2) is 0 Å². The molecule has 0 aromatic heterocycles. The zero-order valence-electron chi connectivity index (χ0n) is 15.3. The van der Waals surface area contributed by atoms with Crippen molar-refractivity contribution in [1.29, 1.82) is 0 Å². The van der Waals surface area contributed by atoms with E-state index in [1.807, 2.05) is 4.90 Å². The Morgan fingerprint density at radius 1 is 1.07 bits per heavy atom. The standard InChI is InChI=1S/C22H24N2O3/c25-20(17-12-22(13-17)14-27-21(26)23-22)24-10-8-16(9-11-24)19-7-3-5-15-4-1-2-6-18(15)19/h1-7,16-17H,8-14H2,(H,23,26). The summed E-state index contributed by atoms with van der Waals surface area (Å²) < 4.78 is 5.01. The zero-order chi connectivity index (χ0) is 18.4. The third-order valence-electron chi connectivity index (χ3n) is 6.54. The van der Waals surface area contributed by atoms with Crippen LogP contribution >= 0.6 is 0 Å². The first kappa shape index (κ1) is 16.6. The van der Waals surface area contributed by atoms with Crippen LogP contribution < -0.4 is 5.32 Å². The first-order valence-corrected chi connectivity index (χ1v) is 9.85. The highest BCUT2D eigenvalue weighted by Gasteiger charge is 2.53. The number of amides is 2. The molecule has 3 aliphatic rings. The Morgan fingerprint density at radius 2 is 1.81 bits per heavy atom. The topological polar surface area (TPSA) is 58.6 Å². The lowest BCUT2D eigenvalue weighted by Crippen LogP contribution is -2.58. The van der Waals surface area contributed by atoms with Crippen LogP contribution in [0.3, 0.4) is 0 Å². The molecule has 5 rings (SSSR count). The Bertz CT molecular complexity index is 890. The summed E-state index contributed by atoms with van der Waals surface area (Å²) in [5.41, 5.74) is 1.13. The van der Waals surface area contributed by atoms with Crippen molar-refractivity contribution in [3.05, 3.63) is 48.0 Å². The average molecular weight is 364 g/mol. The second-order valence-corrected chi connectivity index (χ2v) is 8.25. The zero-order valence-corrected chi connectivity index (χ0v) is 15.3. The number of cyclic esters (lactones) is 1. The number of piperidine rings is 1. The number of nitrogens with zero attached hydrogens (tertiary/aromatic N) is 1. The molecule has 2 aromatic rings. The maximum Gasteiger partial charge on any atom is 0.407 e. The molecule has 2 saturated heterocycles. The Hall–Kier alpha value is -2.56. The molecule has 0 atom stereocenters. The summed E-state index contributed by atoms with van der Waals surface area (Å²) in [4.78, 5) is 26.1. The number of carbonyl (C=O) groups is 2. The number of benzene rings is 2. The molecule has 1 N–H and O–H groups in total. The van der Waals surface area contributed by atoms with Crippen LogP contribution in [0.25, 0.3) is 10.8 Å². The van der Waals surface area contributed by atoms with Crippen molar-refractivity contribution < 1.29 is 14.3 Å². The molecule has 2 amide bonds. The van der Waals surface area contributed by atoms with Crippen LogP contribution in [-0.2, 0) is 9.53 Å². The Balaban J connectivity index is 1.22. The first-order valence-electron chi connectivity index (χ1n) is 9.85. The molecule has 1 saturated carbocycles. The van der Waals surface area contributed by atoms with E-state index in [4.69, 9.17) is 4.74 Å². The molecule has 2 aromatic carbocycles. The number of rotatable bonds is 2. The Kier molecular flexibility index (Phi) is 3.85. The third-order valence-corrected chi connectivity index (χ3v) is 6.54. The number of alkyl carbamates (subject to hydrolysis) is 1. The maximum absolute atomic E-state index is 12.8. The van der Waals surface area contributed by atoms with Crippen LogP contribution in [0.4, 0.5) is 4.79 Å². The van der Waals surface area contributed by atoms with Gasteiger partial charge in [-0.05, 0) is 47.9 Å². The maximum atomic E-state index is 12.8. The van der Waals surface area contributed by atoms with Gasteiger partial charge in [-0.1, -0.05) is 42.5 Å². The molecule has 1 spiro atoms. The van der Waals surface area contributed by atoms with Crippen molar-refractivity contribution in [2.45, 2.75) is 37.1 Å². The molecule has 5 nitrogen and oxygen atoms in total. The van der Waals surface area contributed by atoms with E-state index in [1.54, 1.807) is 0 Å². The minimum absolute atomic E-state index is 0.0288. The van der Waals surface area contributed by atoms with E-state index < -0.39 is 0 Å². The fourth-order valence-corrected chi connectivity index (χ4v) is 5.05. The molecule has 140 valence electrons. The fourth-order valence-electron chi connectivity index (χ4n) is 5.05. The second-order valence-electron chi connectivity index (χ2n) is 8.25. The van der Waals surface area contributed by atoms with E-state index in [0.29, 0.717) is 25.4 Å². The van der Waals surface area contributed by atoms with Crippen molar-refractivity contribution in [2.24, 2.45) is 5.92 Å². The molecule has 27 heavy (non-hydrogen) atoms. The quantitative estimate of drug-likeness (QED) is 0.888. The Labute approximate surface area is 158 Å². The summed E-state index contributed by atoms with van der Waals surface area (Å²) in [6.45, 7) is 2.04. The van der Waals surface area contributed by atoms with Crippen molar-refractivity contribution in [2.75, 3.05) is 19.7 Å². The van der Waals surface area contributed by atoms with Gasteiger partial charge in [-0.15, -0.1) is 0 Å².